The van der Waals surface area contributed by atoms with E-state index in [-0.39, 0.29) is 5.91 Å². The fourth-order valence-electron chi connectivity index (χ4n) is 2.62. The molecule has 0 aliphatic rings. The molecule has 1 aromatic rings. The summed E-state index contributed by atoms with van der Waals surface area (Å²) in [6.07, 6.45) is 0. The maximum absolute atomic E-state index is 12.5. The molecule has 0 unspecified atom stereocenters. The number of likely N-dealkylation sites (N-methyl/N-ethyl adjacent to an activating group) is 1. The van der Waals surface area contributed by atoms with Crippen LogP contribution < -0.4 is 4.90 Å². The van der Waals surface area contributed by atoms with Crippen LogP contribution in [-0.2, 0) is 0 Å². The number of nitrogens with zero attached hydrogens (tertiary/aromatic N) is 2. The van der Waals surface area contributed by atoms with E-state index in [1.54, 1.807) is 18.7 Å². The van der Waals surface area contributed by atoms with Gasteiger partial charge in [-0.1, -0.05) is 0 Å². The van der Waals surface area contributed by atoms with E-state index in [4.69, 9.17) is 0 Å². The lowest BCUT2D eigenvalue weighted by atomic mass is 10.1. The Kier molecular flexibility index (Phi) is 6.42. The first-order valence-electron chi connectivity index (χ1n) is 8.08. The van der Waals surface area contributed by atoms with Crippen molar-refractivity contribution >= 4 is 11.6 Å². The molecule has 4 nitrogen and oxygen atoms in total. The number of carbonyl (C=O) groups excluding carboxylic acids is 1. The Morgan fingerprint density at radius 2 is 1.68 bits per heavy atom. The number of rotatable bonds is 7. The maximum atomic E-state index is 12.5. The number of benzene rings is 1. The Morgan fingerprint density at radius 3 is 2.05 bits per heavy atom. The number of carbonyl (C=O) groups is 1. The Balaban J connectivity index is 2.91. The van der Waals surface area contributed by atoms with E-state index in [1.807, 2.05) is 31.2 Å². The SMILES string of the molecule is CCN(CC(C)(C)O)C(=O)c1ccc(N(CC)C(C)C)cc1. The van der Waals surface area contributed by atoms with Crippen molar-refractivity contribution in [2.75, 3.05) is 24.5 Å². The molecule has 1 aromatic carbocycles. The third kappa shape index (κ3) is 5.02. The van der Waals surface area contributed by atoms with Crippen LogP contribution in [0.2, 0.25) is 0 Å². The standard InChI is InChI=1S/C18H30N2O2/c1-7-19(13-18(5,6)22)17(21)15-9-11-16(12-10-15)20(8-2)14(3)4/h9-12,14,22H,7-8,13H2,1-6H3. The second kappa shape index (κ2) is 7.63. The molecule has 0 aromatic heterocycles. The largest absolute Gasteiger partial charge is 0.389 e. The summed E-state index contributed by atoms with van der Waals surface area (Å²) in [5, 5.41) is 9.92. The summed E-state index contributed by atoms with van der Waals surface area (Å²) in [5.41, 5.74) is 0.900. The van der Waals surface area contributed by atoms with E-state index >= 15 is 0 Å². The summed E-state index contributed by atoms with van der Waals surface area (Å²) in [4.78, 5) is 16.5. The van der Waals surface area contributed by atoms with Gasteiger partial charge in [0.1, 0.15) is 0 Å². The highest BCUT2D eigenvalue weighted by Crippen LogP contribution is 2.19. The Bertz CT molecular complexity index is 475. The van der Waals surface area contributed by atoms with E-state index < -0.39 is 5.60 Å². The first-order valence-corrected chi connectivity index (χ1v) is 8.08. The molecular formula is C18H30N2O2. The molecule has 1 rings (SSSR count). The molecule has 0 fully saturated rings. The van der Waals surface area contributed by atoms with Crippen molar-refractivity contribution < 1.29 is 9.90 Å². The zero-order valence-corrected chi connectivity index (χ0v) is 14.8. The van der Waals surface area contributed by atoms with E-state index in [1.165, 1.54) is 0 Å². The third-order valence-corrected chi connectivity index (χ3v) is 3.66. The van der Waals surface area contributed by atoms with Crippen molar-refractivity contribution in [3.8, 4) is 0 Å². The van der Waals surface area contributed by atoms with E-state index in [0.29, 0.717) is 24.7 Å². The Hall–Kier alpha value is -1.55. The fraction of sp³-hybridized carbons (Fsp3) is 0.611. The topological polar surface area (TPSA) is 43.8 Å². The van der Waals surface area contributed by atoms with Crippen LogP contribution in [0.5, 0.6) is 0 Å². The first kappa shape index (κ1) is 18.5. The van der Waals surface area contributed by atoms with Crippen molar-refractivity contribution in [3.63, 3.8) is 0 Å². The minimum absolute atomic E-state index is 0.0382. The highest BCUT2D eigenvalue weighted by atomic mass is 16.3. The summed E-state index contributed by atoms with van der Waals surface area (Å²) < 4.78 is 0. The van der Waals surface area contributed by atoms with Gasteiger partial charge in [0.15, 0.2) is 0 Å². The molecule has 0 aliphatic heterocycles. The fourth-order valence-corrected chi connectivity index (χ4v) is 2.62. The van der Waals surface area contributed by atoms with Gasteiger partial charge < -0.3 is 14.9 Å². The van der Waals surface area contributed by atoms with E-state index in [9.17, 15) is 9.90 Å². The van der Waals surface area contributed by atoms with Gasteiger partial charge in [-0.25, -0.2) is 0 Å². The lowest BCUT2D eigenvalue weighted by molar-refractivity contribution is 0.0314. The quantitative estimate of drug-likeness (QED) is 0.841. The molecular weight excluding hydrogens is 276 g/mol. The third-order valence-electron chi connectivity index (χ3n) is 3.66. The summed E-state index contributed by atoms with van der Waals surface area (Å²) in [6, 6.07) is 8.16. The van der Waals surface area contributed by atoms with Crippen molar-refractivity contribution in [1.82, 2.24) is 4.90 Å². The van der Waals surface area contributed by atoms with Crippen molar-refractivity contribution in [2.24, 2.45) is 0 Å². The van der Waals surface area contributed by atoms with Crippen LogP contribution in [0.4, 0.5) is 5.69 Å². The zero-order chi connectivity index (χ0) is 16.9. The van der Waals surface area contributed by atoms with E-state index in [2.05, 4.69) is 25.7 Å². The summed E-state index contributed by atoms with van der Waals surface area (Å²) in [7, 11) is 0. The molecule has 0 bridgehead atoms. The number of anilines is 1. The van der Waals surface area contributed by atoms with Crippen LogP contribution in [0.1, 0.15) is 51.9 Å². The summed E-state index contributed by atoms with van der Waals surface area (Å²) in [5.74, 6) is -0.0382. The molecule has 0 atom stereocenters. The van der Waals surface area contributed by atoms with E-state index in [0.717, 1.165) is 12.2 Å². The van der Waals surface area contributed by atoms with Crippen LogP contribution in [0.25, 0.3) is 0 Å². The van der Waals surface area contributed by atoms with Gasteiger partial charge in [0.25, 0.3) is 5.91 Å². The average molecular weight is 306 g/mol. The molecule has 0 heterocycles. The van der Waals surface area contributed by atoms with Gasteiger partial charge in [-0.05, 0) is 65.8 Å². The van der Waals surface area contributed by atoms with Gasteiger partial charge >= 0.3 is 0 Å². The average Bonchev–Trinajstić information content (AvgIpc) is 2.44. The molecule has 0 spiro atoms. The van der Waals surface area contributed by atoms with Gasteiger partial charge in [-0.3, -0.25) is 4.79 Å². The number of aliphatic hydroxyl groups is 1. The smallest absolute Gasteiger partial charge is 0.253 e. The highest BCUT2D eigenvalue weighted by molar-refractivity contribution is 5.94. The monoisotopic (exact) mass is 306 g/mol. The first-order chi connectivity index (χ1) is 10.2. The minimum atomic E-state index is -0.887. The van der Waals surface area contributed by atoms with Gasteiger partial charge in [0.05, 0.1) is 5.60 Å². The molecule has 0 radical (unpaired) electrons. The number of hydrogen-bond donors (Lipinski definition) is 1. The van der Waals surface area contributed by atoms with Crippen LogP contribution in [0.15, 0.2) is 24.3 Å². The van der Waals surface area contributed by atoms with Crippen LogP contribution >= 0.6 is 0 Å². The number of hydrogen-bond acceptors (Lipinski definition) is 3. The van der Waals surface area contributed by atoms with Crippen molar-refractivity contribution in [3.05, 3.63) is 29.8 Å². The highest BCUT2D eigenvalue weighted by Gasteiger charge is 2.22. The Morgan fingerprint density at radius 1 is 1.14 bits per heavy atom. The summed E-state index contributed by atoms with van der Waals surface area (Å²) >= 11 is 0. The van der Waals surface area contributed by atoms with Crippen molar-refractivity contribution in [2.45, 2.75) is 53.2 Å². The minimum Gasteiger partial charge on any atom is -0.389 e. The predicted molar refractivity (Wildman–Crippen MR) is 92.5 cm³/mol. The normalized spacial score (nSPS) is 11.6. The second-order valence-electron chi connectivity index (χ2n) is 6.56. The molecule has 0 saturated carbocycles. The molecule has 124 valence electrons. The number of amides is 1. The maximum Gasteiger partial charge on any atom is 0.253 e. The van der Waals surface area contributed by atoms with Crippen molar-refractivity contribution in [1.29, 1.82) is 0 Å². The van der Waals surface area contributed by atoms with Gasteiger partial charge in [-0.2, -0.15) is 0 Å². The lowest BCUT2D eigenvalue weighted by Crippen LogP contribution is -2.42. The van der Waals surface area contributed by atoms with Gasteiger partial charge in [0.2, 0.25) is 0 Å². The Labute approximate surface area is 134 Å². The second-order valence-corrected chi connectivity index (χ2v) is 6.56. The predicted octanol–water partition coefficient (Wildman–Crippen LogP) is 3.15. The molecule has 0 saturated heterocycles. The van der Waals surface area contributed by atoms with Crippen LogP contribution in [0, 0.1) is 0 Å². The lowest BCUT2D eigenvalue weighted by Gasteiger charge is -2.29. The molecule has 1 N–H and O–H groups in total. The molecule has 1 amide bonds. The van der Waals surface area contributed by atoms with Gasteiger partial charge in [-0.15, -0.1) is 0 Å². The van der Waals surface area contributed by atoms with Crippen LogP contribution in [0.3, 0.4) is 0 Å². The zero-order valence-electron chi connectivity index (χ0n) is 14.8. The van der Waals surface area contributed by atoms with Crippen LogP contribution in [-0.4, -0.2) is 47.2 Å². The molecule has 0 aliphatic carbocycles. The molecule has 22 heavy (non-hydrogen) atoms. The summed E-state index contributed by atoms with van der Waals surface area (Å²) in [6.45, 7) is 13.6. The van der Waals surface area contributed by atoms with Gasteiger partial charge in [0, 0.05) is 36.9 Å². The molecule has 4 heteroatoms.